The van der Waals surface area contributed by atoms with Crippen LogP contribution in [-0.4, -0.2) is 27.0 Å². The molecule has 0 spiro atoms. The van der Waals surface area contributed by atoms with Crippen LogP contribution in [-0.2, 0) is 5.41 Å². The highest BCUT2D eigenvalue weighted by Crippen LogP contribution is 2.49. The van der Waals surface area contributed by atoms with E-state index in [9.17, 15) is 9.59 Å². The van der Waals surface area contributed by atoms with E-state index in [0.29, 0.717) is 11.4 Å². The highest BCUT2D eigenvalue weighted by atomic mass is 16.4. The molecule has 1 fully saturated rings. The van der Waals surface area contributed by atoms with Crippen molar-refractivity contribution in [2.45, 2.75) is 18.3 Å². The number of nitrogens with one attached hydrogen (secondary N) is 1. The summed E-state index contributed by atoms with van der Waals surface area (Å²) in [7, 11) is 0. The van der Waals surface area contributed by atoms with Crippen LogP contribution in [0.15, 0.2) is 42.7 Å². The van der Waals surface area contributed by atoms with Gasteiger partial charge in [0.15, 0.2) is 5.78 Å². The van der Waals surface area contributed by atoms with Crippen molar-refractivity contribution >= 4 is 17.6 Å². The zero-order valence-electron chi connectivity index (χ0n) is 11.1. The lowest BCUT2D eigenvalue weighted by atomic mass is 9.93. The van der Waals surface area contributed by atoms with Gasteiger partial charge in [-0.25, -0.2) is 4.79 Å². The average molecular weight is 283 g/mol. The van der Waals surface area contributed by atoms with Crippen LogP contribution >= 0.6 is 0 Å². The highest BCUT2D eigenvalue weighted by Gasteiger charge is 2.52. The van der Waals surface area contributed by atoms with E-state index in [1.165, 1.54) is 18.3 Å². The number of rotatable bonds is 4. The number of aromatic nitrogens is 2. The molecular formula is C15H13N3O3. The molecule has 0 radical (unpaired) electrons. The molecule has 0 aromatic carbocycles. The van der Waals surface area contributed by atoms with Gasteiger partial charge < -0.3 is 5.11 Å². The van der Waals surface area contributed by atoms with Crippen molar-refractivity contribution in [3.63, 3.8) is 0 Å². The number of carbonyl (C=O) groups excluding carboxylic acids is 1. The number of nitrogens with zero attached hydrogens (tertiary/aromatic N) is 2. The predicted molar refractivity (Wildman–Crippen MR) is 75.4 cm³/mol. The summed E-state index contributed by atoms with van der Waals surface area (Å²) in [5.41, 5.74) is 0.871. The Balaban J connectivity index is 1.84. The number of carbonyl (C=O) groups is 2. The van der Waals surface area contributed by atoms with E-state index >= 15 is 0 Å². The third kappa shape index (κ3) is 2.47. The molecule has 0 aliphatic heterocycles. The first-order valence-corrected chi connectivity index (χ1v) is 6.54. The van der Waals surface area contributed by atoms with Crippen LogP contribution in [0.1, 0.15) is 29.0 Å². The number of hydrogen-bond donors (Lipinski definition) is 2. The summed E-state index contributed by atoms with van der Waals surface area (Å²) >= 11 is 0. The van der Waals surface area contributed by atoms with Gasteiger partial charge in [0, 0.05) is 6.20 Å². The van der Waals surface area contributed by atoms with Crippen molar-refractivity contribution in [2.24, 2.45) is 0 Å². The van der Waals surface area contributed by atoms with Crippen molar-refractivity contribution in [3.8, 4) is 0 Å². The first-order valence-electron chi connectivity index (χ1n) is 6.54. The standard InChI is InChI=1S/C15H13N3O3/c19-13(11-5-4-10(9-17-11)18-14(20)21)15(6-7-15)12-3-1-2-8-16-12/h1-5,8-9,18H,6-7H2,(H,20,21). The molecule has 2 aromatic heterocycles. The predicted octanol–water partition coefficient (Wildman–Crippen LogP) is 2.48. The molecule has 3 rings (SSSR count). The largest absolute Gasteiger partial charge is 0.465 e. The van der Waals surface area contributed by atoms with Crippen molar-refractivity contribution in [2.75, 3.05) is 5.32 Å². The van der Waals surface area contributed by atoms with Gasteiger partial charge in [0.05, 0.1) is 23.0 Å². The summed E-state index contributed by atoms with van der Waals surface area (Å²) < 4.78 is 0. The number of pyridine rings is 2. The van der Waals surface area contributed by atoms with E-state index in [2.05, 4.69) is 15.3 Å². The zero-order valence-corrected chi connectivity index (χ0v) is 11.1. The number of hydrogen-bond acceptors (Lipinski definition) is 4. The SMILES string of the molecule is O=C(O)Nc1ccc(C(=O)C2(c3ccccn3)CC2)nc1. The summed E-state index contributed by atoms with van der Waals surface area (Å²) in [5.74, 6) is -0.0666. The Morgan fingerprint density at radius 2 is 1.95 bits per heavy atom. The Morgan fingerprint density at radius 1 is 1.14 bits per heavy atom. The van der Waals surface area contributed by atoms with Crippen molar-refractivity contribution in [1.29, 1.82) is 0 Å². The number of amides is 1. The van der Waals surface area contributed by atoms with Gasteiger partial charge in [0.2, 0.25) is 0 Å². The van der Waals surface area contributed by atoms with Gasteiger partial charge in [-0.1, -0.05) is 6.07 Å². The summed E-state index contributed by atoms with van der Waals surface area (Å²) in [5, 5.41) is 10.8. The number of anilines is 1. The maximum Gasteiger partial charge on any atom is 0.409 e. The molecule has 2 aromatic rings. The maximum absolute atomic E-state index is 12.6. The molecule has 6 heteroatoms. The summed E-state index contributed by atoms with van der Waals surface area (Å²) in [6, 6.07) is 8.60. The van der Waals surface area contributed by atoms with Crippen LogP contribution in [0.2, 0.25) is 0 Å². The summed E-state index contributed by atoms with van der Waals surface area (Å²) in [6.45, 7) is 0. The second kappa shape index (κ2) is 4.97. The molecule has 6 nitrogen and oxygen atoms in total. The number of ketones is 1. The van der Waals surface area contributed by atoms with E-state index in [1.807, 2.05) is 18.2 Å². The normalized spacial score (nSPS) is 15.2. The minimum atomic E-state index is -1.16. The number of Topliss-reactive ketones (excluding diaryl/α,β-unsaturated/α-hetero) is 1. The van der Waals surface area contributed by atoms with Crippen molar-refractivity contribution in [1.82, 2.24) is 9.97 Å². The van der Waals surface area contributed by atoms with Gasteiger partial charge >= 0.3 is 6.09 Å². The van der Waals surface area contributed by atoms with E-state index in [1.54, 1.807) is 6.20 Å². The van der Waals surface area contributed by atoms with Crippen molar-refractivity contribution in [3.05, 3.63) is 54.1 Å². The fraction of sp³-hybridized carbons (Fsp3) is 0.200. The fourth-order valence-corrected chi connectivity index (χ4v) is 2.34. The van der Waals surface area contributed by atoms with E-state index in [0.717, 1.165) is 18.5 Å². The molecule has 1 aliphatic carbocycles. The third-order valence-electron chi connectivity index (χ3n) is 3.59. The lowest BCUT2D eigenvalue weighted by molar-refractivity contribution is 0.0939. The van der Waals surface area contributed by atoms with Crippen molar-refractivity contribution < 1.29 is 14.7 Å². The Morgan fingerprint density at radius 3 is 2.48 bits per heavy atom. The van der Waals surface area contributed by atoms with E-state index in [4.69, 9.17) is 5.11 Å². The quantitative estimate of drug-likeness (QED) is 0.841. The minimum absolute atomic E-state index is 0.0666. The average Bonchev–Trinajstić information content (AvgIpc) is 3.29. The molecule has 2 N–H and O–H groups in total. The topological polar surface area (TPSA) is 92.2 Å². The third-order valence-corrected chi connectivity index (χ3v) is 3.59. The molecule has 1 aliphatic rings. The summed E-state index contributed by atoms with van der Waals surface area (Å²) in [6.07, 6.45) is 3.38. The first kappa shape index (κ1) is 13.2. The van der Waals surface area contributed by atoms with Crippen LogP contribution in [0.4, 0.5) is 10.5 Å². The lowest BCUT2D eigenvalue weighted by Gasteiger charge is -2.12. The smallest absolute Gasteiger partial charge is 0.409 e. The molecule has 0 saturated heterocycles. The van der Waals surface area contributed by atoms with Crippen LogP contribution < -0.4 is 5.32 Å². The van der Waals surface area contributed by atoms with Gasteiger partial charge in [-0.05, 0) is 37.1 Å². The van der Waals surface area contributed by atoms with Crippen LogP contribution in [0.5, 0.6) is 0 Å². The van der Waals surface area contributed by atoms with Gasteiger partial charge in [0.1, 0.15) is 5.69 Å². The van der Waals surface area contributed by atoms with E-state index < -0.39 is 11.5 Å². The molecule has 106 valence electrons. The zero-order chi connectivity index (χ0) is 14.9. The van der Waals surface area contributed by atoms with Gasteiger partial charge in [-0.2, -0.15) is 0 Å². The second-order valence-electron chi connectivity index (χ2n) is 4.99. The Kier molecular flexibility index (Phi) is 3.13. The van der Waals surface area contributed by atoms with Gasteiger partial charge in [-0.15, -0.1) is 0 Å². The number of carboxylic acid groups (broad SMARTS) is 1. The Hall–Kier alpha value is -2.76. The van der Waals surface area contributed by atoms with Gasteiger partial charge in [0.25, 0.3) is 0 Å². The molecule has 0 atom stereocenters. The van der Waals surface area contributed by atoms with Crippen LogP contribution in [0.3, 0.4) is 0 Å². The highest BCUT2D eigenvalue weighted by molar-refractivity contribution is 6.04. The van der Waals surface area contributed by atoms with Crippen LogP contribution in [0, 0.1) is 0 Å². The second-order valence-corrected chi connectivity index (χ2v) is 4.99. The molecule has 0 bridgehead atoms. The maximum atomic E-state index is 12.6. The molecule has 1 amide bonds. The van der Waals surface area contributed by atoms with Crippen LogP contribution in [0.25, 0.3) is 0 Å². The Bertz CT molecular complexity index is 679. The first-order chi connectivity index (χ1) is 10.1. The van der Waals surface area contributed by atoms with Gasteiger partial charge in [-0.3, -0.25) is 20.1 Å². The minimum Gasteiger partial charge on any atom is -0.465 e. The monoisotopic (exact) mass is 283 g/mol. The molecule has 21 heavy (non-hydrogen) atoms. The lowest BCUT2D eigenvalue weighted by Crippen LogP contribution is -2.23. The fourth-order valence-electron chi connectivity index (χ4n) is 2.34. The molecule has 2 heterocycles. The van der Waals surface area contributed by atoms with E-state index in [-0.39, 0.29) is 5.78 Å². The molecular weight excluding hydrogens is 270 g/mol. The molecule has 0 unspecified atom stereocenters. The summed E-state index contributed by atoms with van der Waals surface area (Å²) in [4.78, 5) is 31.5. The molecule has 1 saturated carbocycles. The Labute approximate surface area is 120 Å².